The minimum Gasteiger partial charge on any atom is -0.489 e. The Labute approximate surface area is 164 Å². The minimum atomic E-state index is -0.164. The van der Waals surface area contributed by atoms with Crippen molar-refractivity contribution in [1.82, 2.24) is 20.1 Å². The Morgan fingerprint density at radius 1 is 1.32 bits per heavy atom. The van der Waals surface area contributed by atoms with Crippen LogP contribution >= 0.6 is 0 Å². The lowest BCUT2D eigenvalue weighted by atomic mass is 9.99. The van der Waals surface area contributed by atoms with Gasteiger partial charge in [-0.1, -0.05) is 6.07 Å². The van der Waals surface area contributed by atoms with Crippen LogP contribution in [-0.2, 0) is 13.6 Å². The number of anilines is 1. The third-order valence-corrected chi connectivity index (χ3v) is 5.13. The van der Waals surface area contributed by atoms with Crippen LogP contribution in [0, 0.1) is 6.92 Å². The van der Waals surface area contributed by atoms with Gasteiger partial charge in [0.2, 0.25) is 0 Å². The maximum absolute atomic E-state index is 12.6. The van der Waals surface area contributed by atoms with Crippen LogP contribution in [0.15, 0.2) is 42.9 Å². The lowest BCUT2D eigenvalue weighted by molar-refractivity contribution is 0.0958. The largest absolute Gasteiger partial charge is 0.489 e. The third kappa shape index (κ3) is 3.19. The average molecular weight is 377 g/mol. The third-order valence-electron chi connectivity index (χ3n) is 5.13. The molecule has 0 atom stereocenters. The lowest BCUT2D eigenvalue weighted by Crippen LogP contribution is -2.33. The molecule has 0 fully saturated rings. The summed E-state index contributed by atoms with van der Waals surface area (Å²) < 4.78 is 7.76. The first-order valence-corrected chi connectivity index (χ1v) is 9.24. The second-order valence-corrected chi connectivity index (χ2v) is 6.85. The molecule has 1 amide bonds. The van der Waals surface area contributed by atoms with Crippen LogP contribution in [0.2, 0.25) is 0 Å². The minimum absolute atomic E-state index is 0.164. The van der Waals surface area contributed by atoms with E-state index in [0.29, 0.717) is 24.5 Å². The van der Waals surface area contributed by atoms with E-state index < -0.39 is 0 Å². The summed E-state index contributed by atoms with van der Waals surface area (Å²) in [6.07, 6.45) is 5.47. The van der Waals surface area contributed by atoms with E-state index in [4.69, 9.17) is 4.74 Å². The number of rotatable bonds is 4. The van der Waals surface area contributed by atoms with Crippen LogP contribution in [0.3, 0.4) is 0 Å². The molecule has 0 aliphatic carbocycles. The number of nitrogens with one attached hydrogen (secondary N) is 1. The van der Waals surface area contributed by atoms with Gasteiger partial charge in [-0.15, -0.1) is 0 Å². The zero-order chi connectivity index (χ0) is 19.7. The normalized spacial score (nSPS) is 13.0. The van der Waals surface area contributed by atoms with Crippen LogP contribution in [0.4, 0.5) is 5.69 Å². The molecule has 1 aromatic carbocycles. The summed E-state index contributed by atoms with van der Waals surface area (Å²) in [5, 5.41) is 7.08. The summed E-state index contributed by atoms with van der Waals surface area (Å²) in [6, 6.07) is 7.95. The van der Waals surface area contributed by atoms with Gasteiger partial charge in [0, 0.05) is 44.3 Å². The molecule has 0 saturated carbocycles. The fourth-order valence-electron chi connectivity index (χ4n) is 3.50. The number of hydrogen-bond donors (Lipinski definition) is 1. The highest BCUT2D eigenvalue weighted by atomic mass is 16.5. The van der Waals surface area contributed by atoms with Gasteiger partial charge in [0.1, 0.15) is 6.61 Å². The number of carbonyl (C=O) groups is 1. The molecular formula is C21H23N5O2. The molecule has 4 rings (SSSR count). The van der Waals surface area contributed by atoms with E-state index in [0.717, 1.165) is 34.6 Å². The molecule has 0 radical (unpaired) electrons. The SMILES string of the molecule is CNC(=O)c1cc(-c2cnn(C)c2C)cc2c1OCCN2Cc1cccnc1. The summed E-state index contributed by atoms with van der Waals surface area (Å²) in [6.45, 7) is 3.99. The zero-order valence-electron chi connectivity index (χ0n) is 16.3. The summed E-state index contributed by atoms with van der Waals surface area (Å²) in [4.78, 5) is 19.0. The van der Waals surface area contributed by atoms with E-state index in [1.807, 2.05) is 43.2 Å². The highest BCUT2D eigenvalue weighted by molar-refractivity contribution is 6.00. The predicted molar refractivity (Wildman–Crippen MR) is 108 cm³/mol. The molecule has 1 aliphatic rings. The van der Waals surface area contributed by atoms with Crippen LogP contribution in [0.1, 0.15) is 21.6 Å². The molecule has 28 heavy (non-hydrogen) atoms. The van der Waals surface area contributed by atoms with Crippen molar-refractivity contribution >= 4 is 11.6 Å². The van der Waals surface area contributed by atoms with E-state index in [1.165, 1.54) is 0 Å². The number of fused-ring (bicyclic) bond motifs is 1. The second-order valence-electron chi connectivity index (χ2n) is 6.85. The topological polar surface area (TPSA) is 72.3 Å². The van der Waals surface area contributed by atoms with Gasteiger partial charge < -0.3 is 15.0 Å². The van der Waals surface area contributed by atoms with Crippen molar-refractivity contribution in [1.29, 1.82) is 0 Å². The van der Waals surface area contributed by atoms with Crippen LogP contribution in [0.25, 0.3) is 11.1 Å². The number of ether oxygens (including phenoxy) is 1. The van der Waals surface area contributed by atoms with Crippen molar-refractivity contribution in [2.24, 2.45) is 7.05 Å². The fraction of sp³-hybridized carbons (Fsp3) is 0.286. The molecule has 0 spiro atoms. The van der Waals surface area contributed by atoms with Gasteiger partial charge >= 0.3 is 0 Å². The first-order chi connectivity index (χ1) is 13.6. The molecule has 3 heterocycles. The molecule has 0 unspecified atom stereocenters. The standard InChI is InChI=1S/C21H23N5O2/c1-14-18(12-24-25(14)3)16-9-17(21(27)22-2)20-19(10-16)26(7-8-28-20)13-15-5-4-6-23-11-15/h4-6,9-12H,7-8,13H2,1-3H3,(H,22,27). The van der Waals surface area contributed by atoms with Crippen molar-refractivity contribution in [3.8, 4) is 16.9 Å². The summed E-state index contributed by atoms with van der Waals surface area (Å²) >= 11 is 0. The summed E-state index contributed by atoms with van der Waals surface area (Å²) in [5.41, 5.74) is 5.55. The summed E-state index contributed by atoms with van der Waals surface area (Å²) in [7, 11) is 3.54. The highest BCUT2D eigenvalue weighted by Crippen LogP contribution is 2.40. The number of nitrogens with zero attached hydrogens (tertiary/aromatic N) is 4. The van der Waals surface area contributed by atoms with Gasteiger partial charge in [-0.05, 0) is 36.2 Å². The molecule has 1 aliphatic heterocycles. The van der Waals surface area contributed by atoms with Gasteiger partial charge in [0.25, 0.3) is 5.91 Å². The van der Waals surface area contributed by atoms with Crippen LogP contribution in [0.5, 0.6) is 5.75 Å². The molecule has 7 nitrogen and oxygen atoms in total. The Bertz CT molecular complexity index is 1010. The molecule has 2 aromatic heterocycles. The van der Waals surface area contributed by atoms with Crippen molar-refractivity contribution in [3.05, 3.63) is 59.7 Å². The van der Waals surface area contributed by atoms with Gasteiger partial charge in [-0.2, -0.15) is 5.10 Å². The van der Waals surface area contributed by atoms with Crippen molar-refractivity contribution in [2.45, 2.75) is 13.5 Å². The monoisotopic (exact) mass is 377 g/mol. The number of benzene rings is 1. The van der Waals surface area contributed by atoms with E-state index in [2.05, 4.69) is 32.4 Å². The van der Waals surface area contributed by atoms with Crippen molar-refractivity contribution in [2.75, 3.05) is 25.1 Å². The van der Waals surface area contributed by atoms with Crippen LogP contribution in [-0.4, -0.2) is 40.9 Å². The molecule has 1 N–H and O–H groups in total. The first kappa shape index (κ1) is 18.0. The van der Waals surface area contributed by atoms with Crippen molar-refractivity contribution < 1.29 is 9.53 Å². The Morgan fingerprint density at radius 3 is 2.86 bits per heavy atom. The van der Waals surface area contributed by atoms with E-state index in [1.54, 1.807) is 13.2 Å². The maximum Gasteiger partial charge on any atom is 0.254 e. The smallest absolute Gasteiger partial charge is 0.254 e. The summed E-state index contributed by atoms with van der Waals surface area (Å²) in [5.74, 6) is 0.461. The second kappa shape index (κ2) is 7.34. The zero-order valence-corrected chi connectivity index (χ0v) is 16.3. The number of amides is 1. The number of aryl methyl sites for hydroxylation is 1. The number of aromatic nitrogens is 3. The lowest BCUT2D eigenvalue weighted by Gasteiger charge is -2.33. The average Bonchev–Trinajstić information content (AvgIpc) is 3.06. The fourth-order valence-corrected chi connectivity index (χ4v) is 3.50. The molecule has 7 heteroatoms. The van der Waals surface area contributed by atoms with Gasteiger partial charge in [0.15, 0.2) is 5.75 Å². The van der Waals surface area contributed by atoms with E-state index >= 15 is 0 Å². The Kier molecular flexibility index (Phi) is 4.73. The van der Waals surface area contributed by atoms with E-state index in [9.17, 15) is 4.79 Å². The van der Waals surface area contributed by atoms with Crippen LogP contribution < -0.4 is 15.0 Å². The van der Waals surface area contributed by atoms with Gasteiger partial charge in [0.05, 0.1) is 24.0 Å². The molecule has 144 valence electrons. The van der Waals surface area contributed by atoms with Gasteiger partial charge in [-0.25, -0.2) is 0 Å². The number of hydrogen-bond acceptors (Lipinski definition) is 5. The quantitative estimate of drug-likeness (QED) is 0.757. The Balaban J connectivity index is 1.84. The molecule has 0 saturated heterocycles. The maximum atomic E-state index is 12.6. The number of pyridine rings is 1. The highest BCUT2D eigenvalue weighted by Gasteiger charge is 2.26. The van der Waals surface area contributed by atoms with Gasteiger partial charge in [-0.3, -0.25) is 14.5 Å². The molecule has 3 aromatic rings. The first-order valence-electron chi connectivity index (χ1n) is 9.24. The molecule has 0 bridgehead atoms. The van der Waals surface area contributed by atoms with Crippen molar-refractivity contribution in [3.63, 3.8) is 0 Å². The Hall–Kier alpha value is -3.35. The Morgan fingerprint density at radius 2 is 2.18 bits per heavy atom. The molecular weight excluding hydrogens is 354 g/mol. The number of carbonyl (C=O) groups excluding carboxylic acids is 1. The van der Waals surface area contributed by atoms with E-state index in [-0.39, 0.29) is 5.91 Å². The predicted octanol–water partition coefficient (Wildman–Crippen LogP) is 2.55.